The summed E-state index contributed by atoms with van der Waals surface area (Å²) in [6, 6.07) is 10.2. The molecule has 3 aromatic rings. The van der Waals surface area contributed by atoms with Crippen LogP contribution in [0.2, 0.25) is 5.02 Å². The predicted molar refractivity (Wildman–Crippen MR) is 129 cm³/mol. The molecule has 0 saturated carbocycles. The number of hydrogen-bond donors (Lipinski definition) is 0. The second kappa shape index (κ2) is 11.0. The van der Waals surface area contributed by atoms with E-state index in [9.17, 15) is 17.6 Å². The molecule has 7 nitrogen and oxygen atoms in total. The first-order chi connectivity index (χ1) is 16.2. The lowest BCUT2D eigenvalue weighted by atomic mass is 10.1. The summed E-state index contributed by atoms with van der Waals surface area (Å²) in [5.74, 6) is 0.0488. The maximum atomic E-state index is 14.7. The van der Waals surface area contributed by atoms with Gasteiger partial charge in [-0.05, 0) is 61.2 Å². The summed E-state index contributed by atoms with van der Waals surface area (Å²) in [7, 11) is -0.533. The average Bonchev–Trinajstić information content (AvgIpc) is 2.81. The van der Waals surface area contributed by atoms with Gasteiger partial charge in [-0.3, -0.25) is 4.79 Å². The van der Waals surface area contributed by atoms with Crippen LogP contribution in [-0.4, -0.2) is 37.7 Å². The molecule has 0 aliphatic carbocycles. The molecule has 1 heterocycles. The Bertz CT molecular complexity index is 1340. The minimum absolute atomic E-state index is 0.0246. The number of rotatable bonds is 10. The lowest BCUT2D eigenvalue weighted by Gasteiger charge is -2.14. The molecule has 0 fully saturated rings. The zero-order chi connectivity index (χ0) is 24.9. The summed E-state index contributed by atoms with van der Waals surface area (Å²) in [5.41, 5.74) is 0.551. The van der Waals surface area contributed by atoms with Crippen molar-refractivity contribution >= 4 is 21.4 Å². The van der Waals surface area contributed by atoms with E-state index < -0.39 is 21.2 Å². The Morgan fingerprint density at radius 1 is 1.09 bits per heavy atom. The Hall–Kier alpha value is -2.91. The van der Waals surface area contributed by atoms with E-state index in [2.05, 4.69) is 5.10 Å². The first kappa shape index (κ1) is 25.7. The third-order valence-electron chi connectivity index (χ3n) is 5.33. The second-order valence-corrected chi connectivity index (χ2v) is 10.3. The van der Waals surface area contributed by atoms with Crippen LogP contribution in [0.15, 0.2) is 52.2 Å². The van der Waals surface area contributed by atoms with Crippen LogP contribution < -0.4 is 15.0 Å². The molecule has 3 rings (SSSR count). The van der Waals surface area contributed by atoms with Crippen LogP contribution >= 0.6 is 11.6 Å². The van der Waals surface area contributed by atoms with E-state index in [1.54, 1.807) is 13.2 Å². The molecule has 10 heteroatoms. The predicted octanol–water partition coefficient (Wildman–Crippen LogP) is 4.44. The second-order valence-electron chi connectivity index (χ2n) is 7.63. The summed E-state index contributed by atoms with van der Waals surface area (Å²) in [4.78, 5) is 12.1. The average molecular weight is 509 g/mol. The monoisotopic (exact) mass is 508 g/mol. The van der Waals surface area contributed by atoms with Crippen molar-refractivity contribution in [2.45, 2.75) is 31.1 Å². The first-order valence-corrected chi connectivity index (χ1v) is 12.8. The highest BCUT2D eigenvalue weighted by Gasteiger charge is 2.20. The molecule has 0 atom stereocenters. The number of benzene rings is 2. The summed E-state index contributed by atoms with van der Waals surface area (Å²) in [6.07, 6.45) is 2.10. The zero-order valence-corrected chi connectivity index (χ0v) is 20.7. The molecule has 0 bridgehead atoms. The molecule has 0 aliphatic rings. The molecule has 0 amide bonds. The summed E-state index contributed by atoms with van der Waals surface area (Å²) in [6.45, 7) is 1.76. The van der Waals surface area contributed by atoms with Gasteiger partial charge in [0, 0.05) is 23.7 Å². The summed E-state index contributed by atoms with van der Waals surface area (Å²) >= 11 is 6.07. The van der Waals surface area contributed by atoms with Crippen molar-refractivity contribution in [3.8, 4) is 22.8 Å². The number of sulfone groups is 1. The zero-order valence-electron chi connectivity index (χ0n) is 19.2. The van der Waals surface area contributed by atoms with Gasteiger partial charge in [-0.15, -0.1) is 0 Å². The van der Waals surface area contributed by atoms with Crippen molar-refractivity contribution < 1.29 is 22.3 Å². The molecule has 0 aliphatic heterocycles. The number of nitrogens with zero attached hydrogens (tertiary/aromatic N) is 2. The van der Waals surface area contributed by atoms with Crippen LogP contribution in [0, 0.1) is 5.82 Å². The van der Waals surface area contributed by atoms with Gasteiger partial charge in [-0.1, -0.05) is 18.5 Å². The molecule has 0 N–H and O–H groups in total. The van der Waals surface area contributed by atoms with Gasteiger partial charge in [0.05, 0.1) is 24.4 Å². The fourth-order valence-electron chi connectivity index (χ4n) is 3.41. The van der Waals surface area contributed by atoms with Crippen molar-refractivity contribution in [2.75, 3.05) is 19.5 Å². The van der Waals surface area contributed by atoms with Gasteiger partial charge in [-0.2, -0.15) is 5.10 Å². The van der Waals surface area contributed by atoms with Gasteiger partial charge in [0.2, 0.25) is 0 Å². The van der Waals surface area contributed by atoms with E-state index in [0.717, 1.165) is 28.5 Å². The van der Waals surface area contributed by atoms with Gasteiger partial charge in [0.25, 0.3) is 5.56 Å². The molecule has 0 saturated heterocycles. The van der Waals surface area contributed by atoms with Crippen molar-refractivity contribution in [3.05, 3.63) is 69.2 Å². The SMILES string of the molecule is CCS(=O)(=O)c1ccc(F)c(-c2nn(C)c(=O)cc2OCCCCc2cc(Cl)ccc2OC)c1. The fourth-order valence-corrected chi connectivity index (χ4v) is 4.51. The first-order valence-electron chi connectivity index (χ1n) is 10.7. The third kappa shape index (κ3) is 5.95. The Balaban J connectivity index is 1.79. The normalized spacial score (nSPS) is 11.4. The van der Waals surface area contributed by atoms with Gasteiger partial charge < -0.3 is 9.47 Å². The summed E-state index contributed by atoms with van der Waals surface area (Å²) < 4.78 is 51.5. The van der Waals surface area contributed by atoms with E-state index in [1.807, 2.05) is 12.1 Å². The fraction of sp³-hybridized carbons (Fsp3) is 0.333. The minimum atomic E-state index is -3.56. The highest BCUT2D eigenvalue weighted by molar-refractivity contribution is 7.91. The highest BCUT2D eigenvalue weighted by atomic mass is 35.5. The van der Waals surface area contributed by atoms with E-state index in [4.69, 9.17) is 21.1 Å². The Morgan fingerprint density at radius 3 is 2.56 bits per heavy atom. The van der Waals surface area contributed by atoms with Crippen molar-refractivity contribution in [1.82, 2.24) is 9.78 Å². The van der Waals surface area contributed by atoms with E-state index in [1.165, 1.54) is 32.2 Å². The highest BCUT2D eigenvalue weighted by Crippen LogP contribution is 2.31. The molecule has 2 aromatic carbocycles. The maximum absolute atomic E-state index is 14.7. The molecule has 182 valence electrons. The number of aromatic nitrogens is 2. The topological polar surface area (TPSA) is 87.5 Å². The smallest absolute Gasteiger partial charge is 0.270 e. The number of aryl methyl sites for hydroxylation is 2. The van der Waals surface area contributed by atoms with Crippen LogP contribution in [0.1, 0.15) is 25.3 Å². The molecular weight excluding hydrogens is 483 g/mol. The van der Waals surface area contributed by atoms with Crippen LogP contribution in [0.5, 0.6) is 11.5 Å². The number of ether oxygens (including phenoxy) is 2. The Kier molecular flexibility index (Phi) is 8.33. The number of methoxy groups -OCH3 is 1. The minimum Gasteiger partial charge on any atom is -0.496 e. The molecule has 0 radical (unpaired) electrons. The molecule has 34 heavy (non-hydrogen) atoms. The Morgan fingerprint density at radius 2 is 1.85 bits per heavy atom. The van der Waals surface area contributed by atoms with Crippen molar-refractivity contribution in [2.24, 2.45) is 7.05 Å². The van der Waals surface area contributed by atoms with Crippen LogP contribution in [-0.2, 0) is 23.3 Å². The lowest BCUT2D eigenvalue weighted by Crippen LogP contribution is -2.20. The van der Waals surface area contributed by atoms with Crippen LogP contribution in [0.25, 0.3) is 11.3 Å². The van der Waals surface area contributed by atoms with Crippen molar-refractivity contribution in [1.29, 1.82) is 0 Å². The molecule has 0 unspecified atom stereocenters. The van der Waals surface area contributed by atoms with E-state index in [-0.39, 0.29) is 34.3 Å². The lowest BCUT2D eigenvalue weighted by molar-refractivity contribution is 0.304. The standard InChI is InChI=1S/C24H26ClFN2O5S/c1-4-34(30,31)18-9-10-20(26)19(14-18)24-22(15-23(29)28(2)27-24)33-12-6-5-7-16-13-17(25)8-11-21(16)32-3/h8-11,13-15H,4-7,12H2,1-3H3. The quantitative estimate of drug-likeness (QED) is 0.297. The molecular formula is C24H26ClFN2O5S. The molecule has 1 aromatic heterocycles. The Labute approximate surface area is 203 Å². The van der Waals surface area contributed by atoms with Gasteiger partial charge in [0.1, 0.15) is 17.3 Å². The van der Waals surface area contributed by atoms with Gasteiger partial charge in [0.15, 0.2) is 15.6 Å². The summed E-state index contributed by atoms with van der Waals surface area (Å²) in [5, 5.41) is 4.77. The largest absolute Gasteiger partial charge is 0.496 e. The van der Waals surface area contributed by atoms with Gasteiger partial charge >= 0.3 is 0 Å². The number of halogens is 2. The third-order valence-corrected chi connectivity index (χ3v) is 7.30. The van der Waals surface area contributed by atoms with E-state index >= 15 is 0 Å². The van der Waals surface area contributed by atoms with Crippen LogP contribution in [0.4, 0.5) is 4.39 Å². The maximum Gasteiger partial charge on any atom is 0.270 e. The number of hydrogen-bond acceptors (Lipinski definition) is 6. The number of unbranched alkanes of at least 4 members (excludes halogenated alkanes) is 1. The van der Waals surface area contributed by atoms with E-state index in [0.29, 0.717) is 17.9 Å². The van der Waals surface area contributed by atoms with Gasteiger partial charge in [-0.25, -0.2) is 17.5 Å². The van der Waals surface area contributed by atoms with Crippen LogP contribution in [0.3, 0.4) is 0 Å². The van der Waals surface area contributed by atoms with Crippen molar-refractivity contribution in [3.63, 3.8) is 0 Å². The molecule has 0 spiro atoms.